The Balaban J connectivity index is 0.000000534. The van der Waals surface area contributed by atoms with Crippen molar-refractivity contribution in [2.45, 2.75) is 51.5 Å². The highest BCUT2D eigenvalue weighted by molar-refractivity contribution is 5.81. The standard InChI is InChI=1S/C11H23N3O.C2HF3O2/c1-5-10(12)11(15)14-6-8(2)13(4)9(3)7-14;3-2(4,5)1(6)7/h8-10H,5-7,12H2,1-4H3;(H,6,7). The first-order chi connectivity index (χ1) is 9.91. The van der Waals surface area contributed by atoms with Crippen LogP contribution in [-0.4, -0.2) is 71.2 Å². The van der Waals surface area contributed by atoms with Gasteiger partial charge in [0, 0.05) is 25.2 Å². The van der Waals surface area contributed by atoms with E-state index in [1.54, 1.807) is 0 Å². The van der Waals surface area contributed by atoms with Gasteiger partial charge >= 0.3 is 12.1 Å². The molecule has 0 aromatic carbocycles. The van der Waals surface area contributed by atoms with Gasteiger partial charge < -0.3 is 15.7 Å². The van der Waals surface area contributed by atoms with Crippen LogP contribution in [0.15, 0.2) is 0 Å². The van der Waals surface area contributed by atoms with Crippen LogP contribution in [0.1, 0.15) is 27.2 Å². The first-order valence-corrected chi connectivity index (χ1v) is 6.98. The smallest absolute Gasteiger partial charge is 0.475 e. The number of amides is 1. The van der Waals surface area contributed by atoms with E-state index in [0.29, 0.717) is 18.5 Å². The molecular formula is C13H24F3N3O3. The minimum absolute atomic E-state index is 0.101. The molecule has 22 heavy (non-hydrogen) atoms. The predicted octanol–water partition coefficient (Wildman–Crippen LogP) is 0.908. The van der Waals surface area contributed by atoms with Crippen molar-refractivity contribution in [1.29, 1.82) is 0 Å². The fourth-order valence-electron chi connectivity index (χ4n) is 1.99. The van der Waals surface area contributed by atoms with Gasteiger partial charge in [-0.15, -0.1) is 0 Å². The number of hydrogen-bond acceptors (Lipinski definition) is 4. The van der Waals surface area contributed by atoms with Gasteiger partial charge in [0.1, 0.15) is 0 Å². The second kappa shape index (κ2) is 8.33. The van der Waals surface area contributed by atoms with Gasteiger partial charge in [-0.25, -0.2) is 4.79 Å². The van der Waals surface area contributed by atoms with Gasteiger partial charge in [-0.2, -0.15) is 13.2 Å². The van der Waals surface area contributed by atoms with Crippen molar-refractivity contribution in [1.82, 2.24) is 9.80 Å². The summed E-state index contributed by atoms with van der Waals surface area (Å²) in [5.74, 6) is -2.66. The Kier molecular flexibility index (Phi) is 7.82. The Hall–Kier alpha value is -1.35. The average Bonchev–Trinajstić information content (AvgIpc) is 2.42. The topological polar surface area (TPSA) is 86.9 Å². The molecule has 1 heterocycles. The fraction of sp³-hybridized carbons (Fsp3) is 0.846. The van der Waals surface area contributed by atoms with Crippen LogP contribution in [0.3, 0.4) is 0 Å². The van der Waals surface area contributed by atoms with Gasteiger partial charge in [-0.05, 0) is 27.3 Å². The summed E-state index contributed by atoms with van der Waals surface area (Å²) in [5.41, 5.74) is 5.77. The summed E-state index contributed by atoms with van der Waals surface area (Å²) in [5, 5.41) is 7.12. The number of carbonyl (C=O) groups excluding carboxylic acids is 1. The molecule has 1 aliphatic rings. The molecule has 0 spiro atoms. The Morgan fingerprint density at radius 2 is 1.64 bits per heavy atom. The lowest BCUT2D eigenvalue weighted by atomic mass is 10.1. The number of rotatable bonds is 2. The SMILES string of the molecule is CCC(N)C(=O)N1CC(C)N(C)C(C)C1.O=C(O)C(F)(F)F. The first kappa shape index (κ1) is 20.6. The Morgan fingerprint density at radius 3 is 1.91 bits per heavy atom. The van der Waals surface area contributed by atoms with E-state index in [1.807, 2.05) is 11.8 Å². The minimum atomic E-state index is -5.08. The van der Waals surface area contributed by atoms with Crippen molar-refractivity contribution in [2.75, 3.05) is 20.1 Å². The largest absolute Gasteiger partial charge is 0.490 e. The fourth-order valence-corrected chi connectivity index (χ4v) is 1.99. The zero-order valence-electron chi connectivity index (χ0n) is 13.2. The van der Waals surface area contributed by atoms with Crippen LogP contribution in [0.5, 0.6) is 0 Å². The summed E-state index contributed by atoms with van der Waals surface area (Å²) < 4.78 is 31.7. The maximum absolute atomic E-state index is 11.9. The lowest BCUT2D eigenvalue weighted by molar-refractivity contribution is -0.192. The summed E-state index contributed by atoms with van der Waals surface area (Å²) in [6.45, 7) is 7.84. The van der Waals surface area contributed by atoms with E-state index in [-0.39, 0.29) is 11.9 Å². The van der Waals surface area contributed by atoms with Crippen molar-refractivity contribution in [3.63, 3.8) is 0 Å². The quantitative estimate of drug-likeness (QED) is 0.787. The molecule has 0 saturated carbocycles. The molecule has 130 valence electrons. The Morgan fingerprint density at radius 1 is 1.27 bits per heavy atom. The van der Waals surface area contributed by atoms with Crippen LogP contribution in [0.4, 0.5) is 13.2 Å². The average molecular weight is 327 g/mol. The highest BCUT2D eigenvalue weighted by Gasteiger charge is 2.38. The normalized spacial score (nSPS) is 24.3. The second-order valence-electron chi connectivity index (χ2n) is 5.42. The van der Waals surface area contributed by atoms with Gasteiger partial charge in [0.05, 0.1) is 6.04 Å². The lowest BCUT2D eigenvalue weighted by Crippen LogP contribution is -2.59. The maximum atomic E-state index is 11.9. The van der Waals surface area contributed by atoms with Crippen LogP contribution in [-0.2, 0) is 9.59 Å². The predicted molar refractivity (Wildman–Crippen MR) is 75.2 cm³/mol. The summed E-state index contributed by atoms with van der Waals surface area (Å²) in [6.07, 6.45) is -4.37. The van der Waals surface area contributed by atoms with E-state index >= 15 is 0 Å². The molecule has 1 amide bonds. The number of hydrogen-bond donors (Lipinski definition) is 2. The van der Waals surface area contributed by atoms with Crippen LogP contribution < -0.4 is 5.73 Å². The Bertz CT molecular complexity index is 378. The van der Waals surface area contributed by atoms with Gasteiger partial charge in [0.2, 0.25) is 5.91 Å². The van der Waals surface area contributed by atoms with E-state index in [4.69, 9.17) is 15.6 Å². The van der Waals surface area contributed by atoms with Crippen LogP contribution in [0.25, 0.3) is 0 Å². The number of likely N-dealkylation sites (N-methyl/N-ethyl adjacent to an activating group) is 1. The molecule has 9 heteroatoms. The van der Waals surface area contributed by atoms with E-state index in [2.05, 4.69) is 25.8 Å². The molecule has 3 unspecified atom stereocenters. The second-order valence-corrected chi connectivity index (χ2v) is 5.42. The third-order valence-electron chi connectivity index (χ3n) is 3.67. The van der Waals surface area contributed by atoms with Crippen molar-refractivity contribution < 1.29 is 27.9 Å². The molecule has 1 rings (SSSR count). The first-order valence-electron chi connectivity index (χ1n) is 6.98. The van der Waals surface area contributed by atoms with Gasteiger partial charge in [-0.1, -0.05) is 6.92 Å². The molecule has 0 radical (unpaired) electrons. The molecular weight excluding hydrogens is 303 g/mol. The van der Waals surface area contributed by atoms with Crippen molar-refractivity contribution in [2.24, 2.45) is 5.73 Å². The van der Waals surface area contributed by atoms with Crippen LogP contribution >= 0.6 is 0 Å². The van der Waals surface area contributed by atoms with Crippen LogP contribution in [0, 0.1) is 0 Å². The van der Waals surface area contributed by atoms with E-state index in [1.165, 1.54) is 0 Å². The van der Waals surface area contributed by atoms with Gasteiger partial charge in [0.25, 0.3) is 0 Å². The molecule has 0 aromatic heterocycles. The van der Waals surface area contributed by atoms with Crippen molar-refractivity contribution in [3.8, 4) is 0 Å². The number of aliphatic carboxylic acids is 1. The molecule has 1 fully saturated rings. The van der Waals surface area contributed by atoms with E-state index < -0.39 is 12.1 Å². The lowest BCUT2D eigenvalue weighted by Gasteiger charge is -2.43. The number of piperazine rings is 1. The van der Waals surface area contributed by atoms with Crippen molar-refractivity contribution in [3.05, 3.63) is 0 Å². The van der Waals surface area contributed by atoms with E-state index in [0.717, 1.165) is 13.1 Å². The minimum Gasteiger partial charge on any atom is -0.475 e. The van der Waals surface area contributed by atoms with Gasteiger partial charge in [-0.3, -0.25) is 9.69 Å². The highest BCUT2D eigenvalue weighted by atomic mass is 19.4. The van der Waals surface area contributed by atoms with Gasteiger partial charge in [0.15, 0.2) is 0 Å². The number of carboxylic acids is 1. The van der Waals surface area contributed by atoms with Crippen molar-refractivity contribution >= 4 is 11.9 Å². The number of nitrogens with zero attached hydrogens (tertiary/aromatic N) is 2. The number of carboxylic acid groups (broad SMARTS) is 1. The maximum Gasteiger partial charge on any atom is 0.490 e. The number of halogens is 3. The molecule has 3 atom stereocenters. The third kappa shape index (κ3) is 6.18. The highest BCUT2D eigenvalue weighted by Crippen LogP contribution is 2.14. The molecule has 0 bridgehead atoms. The molecule has 3 N–H and O–H groups in total. The summed E-state index contributed by atoms with van der Waals surface area (Å²) in [7, 11) is 2.11. The number of carbonyl (C=O) groups is 2. The monoisotopic (exact) mass is 327 g/mol. The summed E-state index contributed by atoms with van der Waals surface area (Å²) in [4.78, 5) is 25.0. The summed E-state index contributed by atoms with van der Waals surface area (Å²) in [6, 6.07) is 0.510. The third-order valence-corrected chi connectivity index (χ3v) is 3.67. The molecule has 6 nitrogen and oxygen atoms in total. The number of nitrogens with two attached hydrogens (primary N) is 1. The Labute approximate surface area is 128 Å². The molecule has 0 aromatic rings. The molecule has 0 aliphatic carbocycles. The van der Waals surface area contributed by atoms with E-state index in [9.17, 15) is 18.0 Å². The summed E-state index contributed by atoms with van der Waals surface area (Å²) >= 11 is 0. The number of alkyl halides is 3. The zero-order valence-corrected chi connectivity index (χ0v) is 13.2. The zero-order chi connectivity index (χ0) is 17.7. The molecule has 1 aliphatic heterocycles. The molecule has 1 saturated heterocycles. The van der Waals surface area contributed by atoms with Crippen LogP contribution in [0.2, 0.25) is 0 Å².